The van der Waals surface area contributed by atoms with Crippen molar-refractivity contribution >= 4 is 5.69 Å². The smallest absolute Gasteiger partial charge is 0.143 e. The lowest BCUT2D eigenvalue weighted by atomic mass is 9.76. The largest absolute Gasteiger partial charge is 0.508 e. The summed E-state index contributed by atoms with van der Waals surface area (Å²) >= 11 is 0. The van der Waals surface area contributed by atoms with Gasteiger partial charge in [-0.15, -0.1) is 0 Å². The zero-order valence-corrected chi connectivity index (χ0v) is 15.6. The van der Waals surface area contributed by atoms with Gasteiger partial charge < -0.3 is 15.2 Å². The molecule has 0 fully saturated rings. The lowest BCUT2D eigenvalue weighted by Crippen LogP contribution is -2.29. The lowest BCUT2D eigenvalue weighted by molar-refractivity contribution is 0.304. The van der Waals surface area contributed by atoms with Crippen LogP contribution in [0.1, 0.15) is 35.1 Å². The van der Waals surface area contributed by atoms with Crippen LogP contribution >= 0.6 is 0 Å². The van der Waals surface area contributed by atoms with E-state index >= 15 is 0 Å². The molecule has 0 radical (unpaired) electrons. The predicted molar refractivity (Wildman–Crippen MR) is 112 cm³/mol. The molecule has 3 unspecified atom stereocenters. The van der Waals surface area contributed by atoms with Gasteiger partial charge in [0, 0.05) is 11.5 Å². The first-order valence-electron chi connectivity index (χ1n) is 9.82. The Hall–Kier alpha value is -3.20. The first-order chi connectivity index (χ1) is 13.8. The van der Waals surface area contributed by atoms with Gasteiger partial charge >= 0.3 is 0 Å². The Kier molecular flexibility index (Phi) is 4.28. The van der Waals surface area contributed by atoms with Crippen molar-refractivity contribution in [2.45, 2.75) is 25.0 Å². The molecular weight excluding hydrogens is 346 g/mol. The Balaban J connectivity index is 1.51. The third-order valence-electron chi connectivity index (χ3n) is 5.87. The standard InChI is InChI=1S/C25H23NO2/c27-22-14-5-4-10-21(22)24-19-12-6-11-18(19)20-13-7-15-23(25(20)26-24)28-16-17-8-2-1-3-9-17/h1-11,13-15,18-19,24,26-27H,12,16H2. The van der Waals surface area contributed by atoms with Crippen molar-refractivity contribution in [3.05, 3.63) is 102 Å². The molecule has 1 heterocycles. The van der Waals surface area contributed by atoms with Gasteiger partial charge in [0.15, 0.2) is 0 Å². The average Bonchev–Trinajstić information content (AvgIpc) is 3.23. The number of nitrogens with one attached hydrogen (secondary N) is 1. The van der Waals surface area contributed by atoms with Crippen molar-refractivity contribution in [3.8, 4) is 11.5 Å². The van der Waals surface area contributed by atoms with Crippen LogP contribution in [0.15, 0.2) is 84.9 Å². The minimum Gasteiger partial charge on any atom is -0.508 e. The van der Waals surface area contributed by atoms with Crippen LogP contribution in [0.4, 0.5) is 5.69 Å². The molecule has 1 aliphatic carbocycles. The van der Waals surface area contributed by atoms with Crippen LogP contribution in [0.5, 0.6) is 11.5 Å². The van der Waals surface area contributed by atoms with E-state index in [1.165, 1.54) is 5.56 Å². The Bertz CT molecular complexity index is 1010. The number of phenolic OH excluding ortho intramolecular Hbond substituents is 1. The SMILES string of the molecule is Oc1ccccc1C1Nc2c(OCc3ccccc3)cccc2C2C=CCC21. The van der Waals surface area contributed by atoms with Gasteiger partial charge in [-0.05, 0) is 35.6 Å². The summed E-state index contributed by atoms with van der Waals surface area (Å²) in [5.41, 5.74) is 4.41. The van der Waals surface area contributed by atoms with Crippen LogP contribution in [-0.4, -0.2) is 5.11 Å². The summed E-state index contributed by atoms with van der Waals surface area (Å²) in [4.78, 5) is 0. The molecule has 1 aliphatic heterocycles. The van der Waals surface area contributed by atoms with Crippen LogP contribution in [-0.2, 0) is 6.61 Å². The van der Waals surface area contributed by atoms with Crippen molar-refractivity contribution < 1.29 is 9.84 Å². The molecule has 3 heteroatoms. The van der Waals surface area contributed by atoms with E-state index in [1.54, 1.807) is 6.07 Å². The zero-order chi connectivity index (χ0) is 18.9. The highest BCUT2D eigenvalue weighted by molar-refractivity contribution is 5.68. The quantitative estimate of drug-likeness (QED) is 0.571. The number of fused-ring (bicyclic) bond motifs is 3. The Labute approximate surface area is 165 Å². The molecule has 140 valence electrons. The Morgan fingerprint density at radius 2 is 1.68 bits per heavy atom. The Morgan fingerprint density at radius 1 is 0.893 bits per heavy atom. The number of aromatic hydroxyl groups is 1. The van der Waals surface area contributed by atoms with Crippen molar-refractivity contribution in [2.24, 2.45) is 5.92 Å². The van der Waals surface area contributed by atoms with Gasteiger partial charge in [-0.1, -0.05) is 72.8 Å². The van der Waals surface area contributed by atoms with E-state index in [-0.39, 0.29) is 6.04 Å². The summed E-state index contributed by atoms with van der Waals surface area (Å²) in [6.45, 7) is 0.532. The van der Waals surface area contributed by atoms with Gasteiger partial charge in [0.25, 0.3) is 0 Å². The van der Waals surface area contributed by atoms with Gasteiger partial charge in [-0.3, -0.25) is 0 Å². The predicted octanol–water partition coefficient (Wildman–Crippen LogP) is 5.80. The van der Waals surface area contributed by atoms with Gasteiger partial charge in [0.1, 0.15) is 18.1 Å². The van der Waals surface area contributed by atoms with E-state index < -0.39 is 0 Å². The second-order valence-corrected chi connectivity index (χ2v) is 7.53. The minimum atomic E-state index is 0.0511. The van der Waals surface area contributed by atoms with Crippen LogP contribution < -0.4 is 10.1 Å². The summed E-state index contributed by atoms with van der Waals surface area (Å²) in [5.74, 6) is 1.93. The van der Waals surface area contributed by atoms with Crippen molar-refractivity contribution in [1.82, 2.24) is 0 Å². The number of hydrogen-bond acceptors (Lipinski definition) is 3. The number of benzene rings is 3. The van der Waals surface area contributed by atoms with Gasteiger partial charge in [0.2, 0.25) is 0 Å². The molecule has 0 saturated heterocycles. The van der Waals surface area contributed by atoms with E-state index in [0.717, 1.165) is 29.0 Å². The molecule has 0 amide bonds. The maximum atomic E-state index is 10.5. The fraction of sp³-hybridized carbons (Fsp3) is 0.200. The van der Waals surface area contributed by atoms with E-state index in [4.69, 9.17) is 4.74 Å². The fourth-order valence-corrected chi connectivity index (χ4v) is 4.51. The number of phenols is 1. The molecule has 28 heavy (non-hydrogen) atoms. The molecule has 0 spiro atoms. The third-order valence-corrected chi connectivity index (χ3v) is 5.87. The number of allylic oxidation sites excluding steroid dienone is 2. The second-order valence-electron chi connectivity index (χ2n) is 7.53. The first-order valence-corrected chi connectivity index (χ1v) is 9.82. The molecule has 2 aliphatic rings. The second kappa shape index (κ2) is 7.08. The molecule has 3 nitrogen and oxygen atoms in total. The molecule has 3 aromatic carbocycles. The summed E-state index contributed by atoms with van der Waals surface area (Å²) in [7, 11) is 0. The van der Waals surface area contributed by atoms with Crippen molar-refractivity contribution in [1.29, 1.82) is 0 Å². The molecule has 0 aromatic heterocycles. The maximum absolute atomic E-state index is 10.5. The van der Waals surface area contributed by atoms with Crippen molar-refractivity contribution in [3.63, 3.8) is 0 Å². The van der Waals surface area contributed by atoms with E-state index in [1.807, 2.05) is 42.5 Å². The highest BCUT2D eigenvalue weighted by atomic mass is 16.5. The van der Waals surface area contributed by atoms with Gasteiger partial charge in [-0.25, -0.2) is 0 Å². The average molecular weight is 369 g/mol. The maximum Gasteiger partial charge on any atom is 0.143 e. The minimum absolute atomic E-state index is 0.0511. The number of ether oxygens (including phenoxy) is 1. The van der Waals surface area contributed by atoms with Crippen LogP contribution in [0.3, 0.4) is 0 Å². The monoisotopic (exact) mass is 369 g/mol. The van der Waals surface area contributed by atoms with Crippen LogP contribution in [0.25, 0.3) is 0 Å². The first kappa shape index (κ1) is 16.9. The van der Waals surface area contributed by atoms with E-state index in [2.05, 4.69) is 41.7 Å². The molecule has 5 rings (SSSR count). The number of para-hydroxylation sites is 2. The molecular formula is C25H23NO2. The summed E-state index contributed by atoms with van der Waals surface area (Å²) < 4.78 is 6.20. The lowest BCUT2D eigenvalue weighted by Gasteiger charge is -2.38. The molecule has 3 atom stereocenters. The van der Waals surface area contributed by atoms with Crippen LogP contribution in [0, 0.1) is 5.92 Å². The Morgan fingerprint density at radius 3 is 2.54 bits per heavy atom. The zero-order valence-electron chi connectivity index (χ0n) is 15.6. The number of hydrogen-bond donors (Lipinski definition) is 2. The molecule has 0 bridgehead atoms. The van der Waals surface area contributed by atoms with Crippen LogP contribution in [0.2, 0.25) is 0 Å². The van der Waals surface area contributed by atoms with Gasteiger partial charge in [0.05, 0.1) is 11.7 Å². The third kappa shape index (κ3) is 2.93. The van der Waals surface area contributed by atoms with E-state index in [0.29, 0.717) is 24.2 Å². The van der Waals surface area contributed by atoms with Gasteiger partial charge in [-0.2, -0.15) is 0 Å². The molecule has 3 aromatic rings. The topological polar surface area (TPSA) is 41.5 Å². The summed E-state index contributed by atoms with van der Waals surface area (Å²) in [5, 5.41) is 14.2. The van der Waals surface area contributed by atoms with E-state index in [9.17, 15) is 5.11 Å². The fourth-order valence-electron chi connectivity index (χ4n) is 4.51. The van der Waals surface area contributed by atoms with Crippen molar-refractivity contribution in [2.75, 3.05) is 5.32 Å². The number of rotatable bonds is 4. The summed E-state index contributed by atoms with van der Waals surface area (Å²) in [6, 6.07) is 24.2. The molecule has 0 saturated carbocycles. The number of anilines is 1. The summed E-state index contributed by atoms with van der Waals surface area (Å²) in [6.07, 6.45) is 5.57. The highest BCUT2D eigenvalue weighted by Gasteiger charge is 2.39. The highest BCUT2D eigenvalue weighted by Crippen LogP contribution is 2.53. The normalized spacial score (nSPS) is 22.2. The molecule has 2 N–H and O–H groups in total.